The van der Waals surface area contributed by atoms with Gasteiger partial charge < -0.3 is 10.1 Å². The number of Topliss-reactive ketones (excluding diaryl/α,β-unsaturated/α-hetero) is 1. The van der Waals surface area contributed by atoms with Crippen LogP contribution in [0.2, 0.25) is 0 Å². The largest absolute Gasteiger partial charge is 0.411 e. The first-order valence-corrected chi connectivity index (χ1v) is 6.23. The molecule has 1 N–H and O–H groups in total. The minimum absolute atomic E-state index is 0.190. The predicted octanol–water partition coefficient (Wildman–Crippen LogP) is 1.97. The van der Waals surface area contributed by atoms with Crippen molar-refractivity contribution in [3.8, 4) is 0 Å². The number of hydrogen-bond acceptors (Lipinski definition) is 3. The van der Waals surface area contributed by atoms with Crippen molar-refractivity contribution in [1.29, 1.82) is 0 Å². The first kappa shape index (κ1) is 15.9. The fourth-order valence-electron chi connectivity index (χ4n) is 2.14. The van der Waals surface area contributed by atoms with Crippen molar-refractivity contribution in [1.82, 2.24) is 5.32 Å². The lowest BCUT2D eigenvalue weighted by molar-refractivity contribution is -0.188. The lowest BCUT2D eigenvalue weighted by Gasteiger charge is -2.30. The topological polar surface area (TPSA) is 55.4 Å². The Balaban J connectivity index is 2.33. The molecule has 0 radical (unpaired) electrons. The van der Waals surface area contributed by atoms with Gasteiger partial charge in [0, 0.05) is 6.04 Å². The quantitative estimate of drug-likeness (QED) is 0.784. The molecule has 0 bridgehead atoms. The molecule has 1 fully saturated rings. The monoisotopic (exact) mass is 281 g/mol. The van der Waals surface area contributed by atoms with E-state index in [1.165, 1.54) is 6.92 Å². The van der Waals surface area contributed by atoms with Gasteiger partial charge in [-0.1, -0.05) is 0 Å². The molecule has 0 aromatic carbocycles. The molecule has 19 heavy (non-hydrogen) atoms. The molecule has 0 heterocycles. The highest BCUT2D eigenvalue weighted by molar-refractivity contribution is 5.96. The van der Waals surface area contributed by atoms with Crippen molar-refractivity contribution >= 4 is 11.7 Å². The second kappa shape index (κ2) is 6.88. The number of alkyl halides is 3. The van der Waals surface area contributed by atoms with Crippen LogP contribution in [0.5, 0.6) is 0 Å². The van der Waals surface area contributed by atoms with Crippen molar-refractivity contribution < 1.29 is 27.5 Å². The number of amides is 1. The molecule has 2 atom stereocenters. The van der Waals surface area contributed by atoms with Gasteiger partial charge in [-0.15, -0.1) is 0 Å². The normalized spacial score (nSPS) is 24.0. The average Bonchev–Trinajstić information content (AvgIpc) is 2.24. The van der Waals surface area contributed by atoms with Crippen LogP contribution in [0.1, 0.15) is 39.0 Å². The van der Waals surface area contributed by atoms with Crippen molar-refractivity contribution in [2.24, 2.45) is 0 Å². The van der Waals surface area contributed by atoms with E-state index in [9.17, 15) is 22.8 Å². The van der Waals surface area contributed by atoms with E-state index in [0.29, 0.717) is 25.7 Å². The zero-order valence-corrected chi connectivity index (χ0v) is 10.8. The molecule has 0 aromatic rings. The van der Waals surface area contributed by atoms with E-state index in [4.69, 9.17) is 4.74 Å². The van der Waals surface area contributed by atoms with Crippen molar-refractivity contribution in [3.63, 3.8) is 0 Å². The van der Waals surface area contributed by atoms with Crippen LogP contribution in [0.15, 0.2) is 0 Å². The first-order chi connectivity index (χ1) is 8.76. The number of carbonyl (C=O) groups excluding carboxylic acids is 2. The summed E-state index contributed by atoms with van der Waals surface area (Å²) in [6.45, 7) is 0.0570. The zero-order chi connectivity index (χ0) is 14.5. The van der Waals surface area contributed by atoms with Crippen molar-refractivity contribution in [2.75, 3.05) is 6.61 Å². The fourth-order valence-corrected chi connectivity index (χ4v) is 2.14. The minimum atomic E-state index is -4.33. The Hall–Kier alpha value is -1.11. The molecule has 4 nitrogen and oxygen atoms in total. The minimum Gasteiger partial charge on any atom is -0.369 e. The molecule has 110 valence electrons. The van der Waals surface area contributed by atoms with Gasteiger partial charge in [0.2, 0.25) is 5.91 Å². The number of halogens is 3. The van der Waals surface area contributed by atoms with E-state index >= 15 is 0 Å². The van der Waals surface area contributed by atoms with Gasteiger partial charge >= 0.3 is 6.18 Å². The highest BCUT2D eigenvalue weighted by atomic mass is 19.4. The van der Waals surface area contributed by atoms with Crippen LogP contribution in [0.4, 0.5) is 13.2 Å². The van der Waals surface area contributed by atoms with Crippen LogP contribution in [-0.2, 0) is 14.3 Å². The number of hydrogen-bond donors (Lipinski definition) is 1. The molecule has 2 unspecified atom stereocenters. The van der Waals surface area contributed by atoms with E-state index in [0.717, 1.165) is 0 Å². The Kier molecular flexibility index (Phi) is 5.78. The van der Waals surface area contributed by atoms with E-state index in [-0.39, 0.29) is 24.2 Å². The van der Waals surface area contributed by atoms with Crippen LogP contribution in [0.25, 0.3) is 0 Å². The predicted molar refractivity (Wildman–Crippen MR) is 61.5 cm³/mol. The fraction of sp³-hybridized carbons (Fsp3) is 0.833. The third-order valence-electron chi connectivity index (χ3n) is 2.88. The lowest BCUT2D eigenvalue weighted by Crippen LogP contribution is -2.41. The average molecular weight is 281 g/mol. The third-order valence-corrected chi connectivity index (χ3v) is 2.88. The molecule has 1 rings (SSSR count). The Morgan fingerprint density at radius 3 is 2.58 bits per heavy atom. The second-order valence-corrected chi connectivity index (χ2v) is 4.86. The number of ketones is 1. The van der Waals surface area contributed by atoms with Crippen LogP contribution < -0.4 is 5.32 Å². The summed E-state index contributed by atoms with van der Waals surface area (Å²) in [4.78, 5) is 22.2. The Labute approximate surface area is 109 Å². The maximum Gasteiger partial charge on any atom is 0.411 e. The lowest BCUT2D eigenvalue weighted by atomic mass is 9.92. The highest BCUT2D eigenvalue weighted by Crippen LogP contribution is 2.24. The Morgan fingerprint density at radius 2 is 2.00 bits per heavy atom. The summed E-state index contributed by atoms with van der Waals surface area (Å²) in [6.07, 6.45) is -2.68. The van der Waals surface area contributed by atoms with E-state index in [2.05, 4.69) is 5.32 Å². The van der Waals surface area contributed by atoms with E-state index in [1.807, 2.05) is 0 Å². The van der Waals surface area contributed by atoms with Gasteiger partial charge in [0.05, 0.1) is 12.5 Å². The summed E-state index contributed by atoms with van der Waals surface area (Å²) in [5, 5.41) is 2.66. The highest BCUT2D eigenvalue weighted by Gasteiger charge is 2.31. The molecular weight excluding hydrogens is 263 g/mol. The third kappa shape index (κ3) is 7.15. The zero-order valence-electron chi connectivity index (χ0n) is 10.8. The summed E-state index contributed by atoms with van der Waals surface area (Å²) in [7, 11) is 0. The van der Waals surface area contributed by atoms with Gasteiger partial charge in [-0.3, -0.25) is 9.59 Å². The standard InChI is InChI=1S/C12H18F3NO3/c1-8(17)5-11(18)16-9-3-2-4-10(6-9)19-7-12(13,14)15/h9-10H,2-7H2,1H3,(H,16,18). The van der Waals surface area contributed by atoms with Gasteiger partial charge in [0.15, 0.2) is 0 Å². The van der Waals surface area contributed by atoms with Gasteiger partial charge in [0.1, 0.15) is 12.4 Å². The molecule has 0 aliphatic heterocycles. The molecule has 7 heteroatoms. The number of nitrogens with one attached hydrogen (secondary N) is 1. The molecule has 0 saturated heterocycles. The maximum absolute atomic E-state index is 12.0. The smallest absolute Gasteiger partial charge is 0.369 e. The second-order valence-electron chi connectivity index (χ2n) is 4.86. The van der Waals surface area contributed by atoms with Gasteiger partial charge in [-0.25, -0.2) is 0 Å². The SMILES string of the molecule is CC(=O)CC(=O)NC1CCCC(OCC(F)(F)F)C1. The van der Waals surface area contributed by atoms with Gasteiger partial charge in [0.25, 0.3) is 0 Å². The summed E-state index contributed by atoms with van der Waals surface area (Å²) in [6, 6.07) is -0.209. The summed E-state index contributed by atoms with van der Waals surface area (Å²) >= 11 is 0. The number of carbonyl (C=O) groups is 2. The van der Waals surface area contributed by atoms with Crippen LogP contribution >= 0.6 is 0 Å². The molecule has 1 aliphatic rings. The van der Waals surface area contributed by atoms with Crippen LogP contribution in [0.3, 0.4) is 0 Å². The molecular formula is C12H18F3NO3. The number of ether oxygens (including phenoxy) is 1. The Morgan fingerprint density at radius 1 is 1.32 bits per heavy atom. The van der Waals surface area contributed by atoms with Crippen LogP contribution in [-0.4, -0.2) is 36.6 Å². The first-order valence-electron chi connectivity index (χ1n) is 6.23. The number of rotatable bonds is 5. The molecule has 0 spiro atoms. The molecule has 1 saturated carbocycles. The van der Waals surface area contributed by atoms with Crippen LogP contribution in [0, 0.1) is 0 Å². The summed E-state index contributed by atoms with van der Waals surface area (Å²) in [5.41, 5.74) is 0. The molecule has 0 aromatic heterocycles. The van der Waals surface area contributed by atoms with Crippen molar-refractivity contribution in [3.05, 3.63) is 0 Å². The van der Waals surface area contributed by atoms with E-state index in [1.54, 1.807) is 0 Å². The van der Waals surface area contributed by atoms with E-state index < -0.39 is 18.9 Å². The maximum atomic E-state index is 12.0. The van der Waals surface area contributed by atoms with Gasteiger partial charge in [-0.2, -0.15) is 13.2 Å². The Bertz CT molecular complexity index is 331. The molecule has 1 amide bonds. The summed E-state index contributed by atoms with van der Waals surface area (Å²) in [5.74, 6) is -0.618. The summed E-state index contributed by atoms with van der Waals surface area (Å²) < 4.78 is 40.9. The van der Waals surface area contributed by atoms with Crippen molar-refractivity contribution in [2.45, 2.75) is 57.3 Å². The van der Waals surface area contributed by atoms with Gasteiger partial charge in [-0.05, 0) is 32.6 Å². The molecule has 1 aliphatic carbocycles.